The largest absolute Gasteiger partial charge is 0.347 e. The van der Waals surface area contributed by atoms with E-state index < -0.39 is 0 Å². The summed E-state index contributed by atoms with van der Waals surface area (Å²) >= 11 is 1.45. The monoisotopic (exact) mass is 508 g/mol. The number of para-hydroxylation sites is 1. The molecule has 3 heterocycles. The van der Waals surface area contributed by atoms with Crippen LogP contribution in [0.2, 0.25) is 0 Å². The first-order chi connectivity index (χ1) is 15.0. The van der Waals surface area contributed by atoms with Crippen LogP contribution in [0.3, 0.4) is 0 Å². The lowest BCUT2D eigenvalue weighted by Crippen LogP contribution is -2.33. The normalized spacial score (nSPS) is 15.2. The molecule has 0 spiro atoms. The molecule has 1 aliphatic heterocycles. The quantitative estimate of drug-likeness (QED) is 0.522. The van der Waals surface area contributed by atoms with Crippen LogP contribution in [0.1, 0.15) is 27.3 Å². The van der Waals surface area contributed by atoms with E-state index in [4.69, 9.17) is 0 Å². The topological polar surface area (TPSA) is 90.5 Å². The first-order valence-corrected chi connectivity index (χ1v) is 10.9. The number of pyridine rings is 1. The fourth-order valence-corrected chi connectivity index (χ4v) is 4.37. The zero-order chi connectivity index (χ0) is 21.8. The van der Waals surface area contributed by atoms with Crippen molar-refractivity contribution in [3.05, 3.63) is 65.4 Å². The number of thiazole rings is 1. The maximum atomic E-state index is 12.8. The number of amides is 2. The number of rotatable bonds is 6. The lowest BCUT2D eigenvalue weighted by atomic mass is 10.1. The summed E-state index contributed by atoms with van der Waals surface area (Å²) in [7, 11) is 4.12. The van der Waals surface area contributed by atoms with Gasteiger partial charge >= 0.3 is 0 Å². The number of nitrogens with one attached hydrogen (secondary N) is 2. The van der Waals surface area contributed by atoms with E-state index in [1.165, 1.54) is 11.3 Å². The number of benzene rings is 1. The molecule has 0 bridgehead atoms. The van der Waals surface area contributed by atoms with E-state index in [0.29, 0.717) is 28.7 Å². The predicted octanol–water partition coefficient (Wildman–Crippen LogP) is 4.03. The van der Waals surface area contributed by atoms with Gasteiger partial charge in [0, 0.05) is 31.2 Å². The van der Waals surface area contributed by atoms with Gasteiger partial charge in [0.15, 0.2) is 5.13 Å². The summed E-state index contributed by atoms with van der Waals surface area (Å²) < 4.78 is 0. The first-order valence-electron chi connectivity index (χ1n) is 10.00. The van der Waals surface area contributed by atoms with Crippen LogP contribution in [0, 0.1) is 0 Å². The Hall–Kier alpha value is -2.72. The fourth-order valence-electron chi connectivity index (χ4n) is 3.53. The maximum absolute atomic E-state index is 12.8. The number of hydrogen-bond donors (Lipinski definition) is 2. The molecule has 11 heteroatoms. The molecule has 0 radical (unpaired) electrons. The Bertz CT molecular complexity index is 1080. The summed E-state index contributed by atoms with van der Waals surface area (Å²) in [5.41, 5.74) is 1.70. The van der Waals surface area contributed by atoms with Crippen LogP contribution in [0.5, 0.6) is 0 Å². The summed E-state index contributed by atoms with van der Waals surface area (Å²) in [5, 5.41) is 8.17. The molecule has 1 fully saturated rings. The Morgan fingerprint density at radius 2 is 1.91 bits per heavy atom. The van der Waals surface area contributed by atoms with Gasteiger partial charge in [-0.3, -0.25) is 14.6 Å². The second-order valence-corrected chi connectivity index (χ2v) is 8.36. The van der Waals surface area contributed by atoms with Gasteiger partial charge in [0.2, 0.25) is 0 Å². The van der Waals surface area contributed by atoms with Crippen molar-refractivity contribution >= 4 is 64.5 Å². The Kier molecular flexibility index (Phi) is 9.60. The molecular formula is C22H26Cl2N6O2S. The molecule has 1 atom stereocenters. The minimum atomic E-state index is -0.346. The van der Waals surface area contributed by atoms with Crippen molar-refractivity contribution in [3.8, 4) is 0 Å². The van der Waals surface area contributed by atoms with Crippen molar-refractivity contribution in [1.29, 1.82) is 0 Å². The molecule has 2 N–H and O–H groups in total. The minimum absolute atomic E-state index is 0. The van der Waals surface area contributed by atoms with E-state index in [-0.39, 0.29) is 36.6 Å². The third-order valence-electron chi connectivity index (χ3n) is 5.28. The summed E-state index contributed by atoms with van der Waals surface area (Å²) in [6.07, 6.45) is 4.27. The smallest absolute Gasteiger partial charge is 0.275 e. The highest BCUT2D eigenvalue weighted by atomic mass is 35.5. The average Bonchev–Trinajstić information content (AvgIpc) is 3.44. The Balaban J connectivity index is 0.00000193. The molecule has 2 aromatic heterocycles. The molecule has 1 aromatic carbocycles. The molecule has 1 saturated heterocycles. The van der Waals surface area contributed by atoms with Gasteiger partial charge in [-0.25, -0.2) is 4.98 Å². The standard InChI is InChI=1S/C22H24N6O2S.2ClH/c1-27-11-9-16(13-27)28(2)22-26-19(14-31-22)21(30)25-18-8-4-3-7-17(18)20(29)24-15-6-5-10-23-12-15;;/h3-8,10,12,14,16H,9,11,13H2,1-2H3,(H,24,29)(H,25,30);2*1H/t16-;;/m1../s1. The van der Waals surface area contributed by atoms with Crippen molar-refractivity contribution in [3.63, 3.8) is 0 Å². The second-order valence-electron chi connectivity index (χ2n) is 7.53. The number of carbonyl (C=O) groups is 2. The van der Waals surface area contributed by atoms with Gasteiger partial charge in [-0.05, 0) is 44.3 Å². The van der Waals surface area contributed by atoms with Crippen molar-refractivity contribution in [2.45, 2.75) is 12.5 Å². The van der Waals surface area contributed by atoms with Gasteiger partial charge in [0.1, 0.15) is 5.69 Å². The van der Waals surface area contributed by atoms with Crippen molar-refractivity contribution < 1.29 is 9.59 Å². The second kappa shape index (κ2) is 11.9. The van der Waals surface area contributed by atoms with Crippen LogP contribution in [0.4, 0.5) is 16.5 Å². The summed E-state index contributed by atoms with van der Waals surface area (Å²) in [4.78, 5) is 38.5. The first kappa shape index (κ1) is 26.5. The van der Waals surface area contributed by atoms with E-state index >= 15 is 0 Å². The van der Waals surface area contributed by atoms with Gasteiger partial charge in [0.05, 0.1) is 23.1 Å². The fraction of sp³-hybridized carbons (Fsp3) is 0.273. The van der Waals surface area contributed by atoms with Crippen LogP contribution < -0.4 is 15.5 Å². The predicted molar refractivity (Wildman–Crippen MR) is 138 cm³/mol. The lowest BCUT2D eigenvalue weighted by molar-refractivity contribution is 0.102. The average molecular weight is 509 g/mol. The van der Waals surface area contributed by atoms with E-state index in [2.05, 4.69) is 37.4 Å². The zero-order valence-corrected chi connectivity index (χ0v) is 20.7. The van der Waals surface area contributed by atoms with Crippen LogP contribution in [0.15, 0.2) is 54.2 Å². The van der Waals surface area contributed by atoms with Crippen molar-refractivity contribution in [2.75, 3.05) is 42.7 Å². The van der Waals surface area contributed by atoms with Crippen molar-refractivity contribution in [1.82, 2.24) is 14.9 Å². The van der Waals surface area contributed by atoms with Gasteiger partial charge in [-0.2, -0.15) is 0 Å². The van der Waals surface area contributed by atoms with E-state index in [0.717, 1.165) is 24.6 Å². The Morgan fingerprint density at radius 3 is 2.61 bits per heavy atom. The SMILES string of the molecule is CN1CC[C@@H](N(C)c2nc(C(=O)Nc3ccccc3C(=O)Nc3cccnc3)cs2)C1.Cl.Cl. The third-order valence-corrected chi connectivity index (χ3v) is 6.21. The molecule has 8 nitrogen and oxygen atoms in total. The molecule has 1 aliphatic rings. The molecule has 4 rings (SSSR count). The van der Waals surface area contributed by atoms with Crippen LogP contribution in [0.25, 0.3) is 0 Å². The minimum Gasteiger partial charge on any atom is -0.347 e. The third kappa shape index (κ3) is 6.42. The highest BCUT2D eigenvalue weighted by Gasteiger charge is 2.26. The van der Waals surface area contributed by atoms with Crippen molar-refractivity contribution in [2.24, 2.45) is 0 Å². The number of carbonyl (C=O) groups excluding carboxylic acids is 2. The summed E-state index contributed by atoms with van der Waals surface area (Å²) in [6.45, 7) is 2.04. The number of halogens is 2. The van der Waals surface area contributed by atoms with Gasteiger partial charge < -0.3 is 20.4 Å². The van der Waals surface area contributed by atoms with Gasteiger partial charge in [-0.1, -0.05) is 12.1 Å². The number of likely N-dealkylation sites (tertiary alicyclic amines) is 1. The molecule has 176 valence electrons. The molecule has 0 saturated carbocycles. The number of anilines is 3. The van der Waals surface area contributed by atoms with Crippen LogP contribution in [-0.2, 0) is 0 Å². The lowest BCUT2D eigenvalue weighted by Gasteiger charge is -2.23. The number of aromatic nitrogens is 2. The van der Waals surface area contributed by atoms with Gasteiger partial charge in [0.25, 0.3) is 11.8 Å². The highest BCUT2D eigenvalue weighted by molar-refractivity contribution is 7.14. The van der Waals surface area contributed by atoms with Crippen LogP contribution in [-0.4, -0.2) is 59.9 Å². The van der Waals surface area contributed by atoms with E-state index in [9.17, 15) is 9.59 Å². The number of nitrogens with zero attached hydrogens (tertiary/aromatic N) is 4. The Labute approximate surface area is 209 Å². The zero-order valence-electron chi connectivity index (χ0n) is 18.2. The molecule has 3 aromatic rings. The summed E-state index contributed by atoms with van der Waals surface area (Å²) in [6, 6.07) is 10.8. The van der Waals surface area contributed by atoms with E-state index in [1.54, 1.807) is 54.2 Å². The molecule has 0 unspecified atom stereocenters. The molecule has 33 heavy (non-hydrogen) atoms. The molecule has 0 aliphatic carbocycles. The summed E-state index contributed by atoms with van der Waals surface area (Å²) in [5.74, 6) is -0.672. The number of hydrogen-bond acceptors (Lipinski definition) is 7. The Morgan fingerprint density at radius 1 is 1.12 bits per heavy atom. The maximum Gasteiger partial charge on any atom is 0.275 e. The molecular weight excluding hydrogens is 483 g/mol. The highest BCUT2D eigenvalue weighted by Crippen LogP contribution is 2.25. The number of likely N-dealkylation sites (N-methyl/N-ethyl adjacent to an activating group) is 2. The van der Waals surface area contributed by atoms with Gasteiger partial charge in [-0.15, -0.1) is 36.2 Å². The van der Waals surface area contributed by atoms with E-state index in [1.807, 2.05) is 7.05 Å². The van der Waals surface area contributed by atoms with Crippen LogP contribution >= 0.6 is 36.2 Å². The molecule has 2 amide bonds.